The molecule has 2 fully saturated rings. The molecule has 1 aromatic carbocycles. The lowest BCUT2D eigenvalue weighted by Crippen LogP contribution is -2.60. The summed E-state index contributed by atoms with van der Waals surface area (Å²) in [5.41, 5.74) is 4.50. The van der Waals surface area contributed by atoms with Crippen LogP contribution in [0.25, 0.3) is 16.9 Å². The maximum atomic E-state index is 5.48. The molecule has 6 nitrogen and oxygen atoms in total. The van der Waals surface area contributed by atoms with Crippen LogP contribution < -0.4 is 0 Å². The molecule has 0 saturated carbocycles. The van der Waals surface area contributed by atoms with Gasteiger partial charge in [-0.05, 0) is 24.3 Å². The fraction of sp³-hybridized carbons (Fsp3) is 0.364. The third kappa shape index (κ3) is 3.58. The van der Waals surface area contributed by atoms with Crippen molar-refractivity contribution < 1.29 is 4.74 Å². The Labute approximate surface area is 165 Å². The van der Waals surface area contributed by atoms with Crippen molar-refractivity contribution in [2.24, 2.45) is 0 Å². The molecule has 144 valence electrons. The molecule has 3 aromatic rings. The number of aromatic nitrogens is 3. The quantitative estimate of drug-likeness (QED) is 0.686. The van der Waals surface area contributed by atoms with Gasteiger partial charge in [0.1, 0.15) is 0 Å². The number of benzene rings is 1. The van der Waals surface area contributed by atoms with Gasteiger partial charge in [0.05, 0.1) is 24.6 Å². The fourth-order valence-electron chi connectivity index (χ4n) is 4.08. The Morgan fingerprint density at radius 2 is 1.71 bits per heavy atom. The molecule has 2 aliphatic heterocycles. The van der Waals surface area contributed by atoms with Crippen LogP contribution in [0.5, 0.6) is 0 Å². The molecule has 0 amide bonds. The molecule has 2 aromatic heterocycles. The van der Waals surface area contributed by atoms with E-state index in [-0.39, 0.29) is 0 Å². The first-order valence-corrected chi connectivity index (χ1v) is 9.95. The standard InChI is InChI=1S/C22H25N5O/c1-2-4-20(5-3-1)27-15-19(22(24-27)18-6-8-23-9-7-18)14-25-16-21(17-25)26-10-12-28-13-11-26/h1-9,15,21H,10-14,16-17H2. The molecule has 4 heterocycles. The number of rotatable bonds is 5. The Balaban J connectivity index is 1.35. The summed E-state index contributed by atoms with van der Waals surface area (Å²) >= 11 is 0. The molecule has 6 heteroatoms. The summed E-state index contributed by atoms with van der Waals surface area (Å²) in [4.78, 5) is 9.23. The van der Waals surface area contributed by atoms with Gasteiger partial charge in [-0.3, -0.25) is 14.8 Å². The lowest BCUT2D eigenvalue weighted by Gasteiger charge is -2.46. The zero-order valence-corrected chi connectivity index (χ0v) is 15.9. The Hall–Kier alpha value is -2.54. The van der Waals surface area contributed by atoms with E-state index in [1.807, 2.05) is 47.4 Å². The van der Waals surface area contributed by atoms with Crippen LogP contribution in [-0.4, -0.2) is 70.0 Å². The van der Waals surface area contributed by atoms with Gasteiger partial charge >= 0.3 is 0 Å². The third-order valence-corrected chi connectivity index (χ3v) is 5.66. The summed E-state index contributed by atoms with van der Waals surface area (Å²) in [6.07, 6.45) is 5.84. The summed E-state index contributed by atoms with van der Waals surface area (Å²) in [6, 6.07) is 15.0. The highest BCUT2D eigenvalue weighted by molar-refractivity contribution is 5.62. The van der Waals surface area contributed by atoms with Crippen LogP contribution in [0.4, 0.5) is 0 Å². The second-order valence-corrected chi connectivity index (χ2v) is 7.52. The van der Waals surface area contributed by atoms with Gasteiger partial charge in [-0.2, -0.15) is 5.10 Å². The highest BCUT2D eigenvalue weighted by Gasteiger charge is 2.33. The molecule has 28 heavy (non-hydrogen) atoms. The molecule has 0 bridgehead atoms. The Morgan fingerprint density at radius 1 is 0.964 bits per heavy atom. The van der Waals surface area contributed by atoms with E-state index in [0.717, 1.165) is 62.9 Å². The van der Waals surface area contributed by atoms with Crippen LogP contribution in [-0.2, 0) is 11.3 Å². The first-order chi connectivity index (χ1) is 13.9. The van der Waals surface area contributed by atoms with Crippen molar-refractivity contribution in [3.8, 4) is 16.9 Å². The predicted octanol–water partition coefficient (Wildman–Crippen LogP) is 2.45. The number of para-hydroxylation sites is 1. The summed E-state index contributed by atoms with van der Waals surface area (Å²) in [6.45, 7) is 7.02. The lowest BCUT2D eigenvalue weighted by atomic mass is 10.0. The SMILES string of the molecule is c1ccc(-n2cc(CN3CC(N4CCOCC4)C3)c(-c3ccncc3)n2)cc1. The Morgan fingerprint density at radius 3 is 2.46 bits per heavy atom. The maximum Gasteiger partial charge on any atom is 0.0973 e. The van der Waals surface area contributed by atoms with Crippen molar-refractivity contribution in [2.75, 3.05) is 39.4 Å². The van der Waals surface area contributed by atoms with Gasteiger partial charge in [0.2, 0.25) is 0 Å². The molecular weight excluding hydrogens is 350 g/mol. The van der Waals surface area contributed by atoms with Gasteiger partial charge in [-0.25, -0.2) is 4.68 Å². The largest absolute Gasteiger partial charge is 0.379 e. The van der Waals surface area contributed by atoms with Crippen LogP contribution in [0.2, 0.25) is 0 Å². The first kappa shape index (κ1) is 17.6. The normalized spacial score (nSPS) is 18.9. The smallest absolute Gasteiger partial charge is 0.0973 e. The zero-order chi connectivity index (χ0) is 18.8. The van der Waals surface area contributed by atoms with Crippen molar-refractivity contribution in [1.82, 2.24) is 24.6 Å². The second kappa shape index (κ2) is 7.83. The van der Waals surface area contributed by atoms with Crippen LogP contribution >= 0.6 is 0 Å². The number of pyridine rings is 1. The van der Waals surface area contributed by atoms with Crippen LogP contribution in [0.1, 0.15) is 5.56 Å². The van der Waals surface area contributed by atoms with E-state index in [1.165, 1.54) is 5.56 Å². The highest BCUT2D eigenvalue weighted by Crippen LogP contribution is 2.27. The predicted molar refractivity (Wildman–Crippen MR) is 108 cm³/mol. The van der Waals surface area contributed by atoms with E-state index in [4.69, 9.17) is 9.84 Å². The number of likely N-dealkylation sites (tertiary alicyclic amines) is 1. The lowest BCUT2D eigenvalue weighted by molar-refractivity contribution is -0.0343. The minimum Gasteiger partial charge on any atom is -0.379 e. The summed E-state index contributed by atoms with van der Waals surface area (Å²) < 4.78 is 7.47. The number of ether oxygens (including phenoxy) is 1. The molecule has 2 saturated heterocycles. The fourth-order valence-corrected chi connectivity index (χ4v) is 4.08. The molecule has 0 radical (unpaired) electrons. The number of morpholine rings is 1. The highest BCUT2D eigenvalue weighted by atomic mass is 16.5. The molecule has 0 aliphatic carbocycles. The Kier molecular flexibility index (Phi) is 4.91. The van der Waals surface area contributed by atoms with Gasteiger partial charge in [0.25, 0.3) is 0 Å². The van der Waals surface area contributed by atoms with Gasteiger partial charge in [0.15, 0.2) is 0 Å². The molecule has 0 spiro atoms. The van der Waals surface area contributed by atoms with Gasteiger partial charge in [-0.1, -0.05) is 18.2 Å². The summed E-state index contributed by atoms with van der Waals surface area (Å²) in [7, 11) is 0. The number of nitrogens with zero attached hydrogens (tertiary/aromatic N) is 5. The van der Waals surface area contributed by atoms with Gasteiger partial charge in [0, 0.05) is 68.5 Å². The van der Waals surface area contributed by atoms with Crippen LogP contribution in [0.3, 0.4) is 0 Å². The van der Waals surface area contributed by atoms with Crippen LogP contribution in [0, 0.1) is 0 Å². The molecule has 5 rings (SSSR count). The molecule has 0 N–H and O–H groups in total. The average molecular weight is 375 g/mol. The first-order valence-electron chi connectivity index (χ1n) is 9.95. The van der Waals surface area contributed by atoms with Crippen molar-refractivity contribution >= 4 is 0 Å². The molecule has 2 aliphatic rings. The van der Waals surface area contributed by atoms with Crippen molar-refractivity contribution in [2.45, 2.75) is 12.6 Å². The van der Waals surface area contributed by atoms with E-state index < -0.39 is 0 Å². The maximum absolute atomic E-state index is 5.48. The van der Waals surface area contributed by atoms with E-state index in [2.05, 4.69) is 33.1 Å². The molecular formula is C22H25N5O. The van der Waals surface area contributed by atoms with Crippen LogP contribution in [0.15, 0.2) is 61.1 Å². The van der Waals surface area contributed by atoms with Gasteiger partial charge < -0.3 is 4.74 Å². The number of hydrogen-bond acceptors (Lipinski definition) is 5. The topological polar surface area (TPSA) is 46.4 Å². The summed E-state index contributed by atoms with van der Waals surface area (Å²) in [5, 5.41) is 4.91. The third-order valence-electron chi connectivity index (χ3n) is 5.66. The molecule has 0 atom stereocenters. The van der Waals surface area contributed by atoms with E-state index >= 15 is 0 Å². The van der Waals surface area contributed by atoms with Gasteiger partial charge in [-0.15, -0.1) is 0 Å². The van der Waals surface area contributed by atoms with E-state index in [1.54, 1.807) is 0 Å². The minimum absolute atomic E-state index is 0.664. The van der Waals surface area contributed by atoms with Crippen molar-refractivity contribution in [3.05, 3.63) is 66.6 Å². The Bertz CT molecular complexity index is 899. The minimum atomic E-state index is 0.664. The summed E-state index contributed by atoms with van der Waals surface area (Å²) in [5.74, 6) is 0. The van der Waals surface area contributed by atoms with E-state index in [0.29, 0.717) is 6.04 Å². The van der Waals surface area contributed by atoms with Crippen molar-refractivity contribution in [1.29, 1.82) is 0 Å². The zero-order valence-electron chi connectivity index (χ0n) is 15.9. The van der Waals surface area contributed by atoms with E-state index in [9.17, 15) is 0 Å². The second-order valence-electron chi connectivity index (χ2n) is 7.52. The molecule has 0 unspecified atom stereocenters. The average Bonchev–Trinajstić information content (AvgIpc) is 3.16. The number of hydrogen-bond donors (Lipinski definition) is 0. The van der Waals surface area contributed by atoms with Crippen molar-refractivity contribution in [3.63, 3.8) is 0 Å². The monoisotopic (exact) mass is 375 g/mol.